The van der Waals surface area contributed by atoms with Gasteiger partial charge in [0.2, 0.25) is 0 Å². The molecule has 0 spiro atoms. The summed E-state index contributed by atoms with van der Waals surface area (Å²) in [6.07, 6.45) is 2.75. The van der Waals surface area contributed by atoms with Crippen LogP contribution in [0.5, 0.6) is 0 Å². The second kappa shape index (κ2) is 13.3. The van der Waals surface area contributed by atoms with Crippen molar-refractivity contribution in [3.63, 3.8) is 0 Å². The Labute approximate surface area is 142 Å². The van der Waals surface area contributed by atoms with Gasteiger partial charge in [-0.05, 0) is 0 Å². The van der Waals surface area contributed by atoms with Crippen molar-refractivity contribution in [3.05, 3.63) is 29.6 Å². The van der Waals surface area contributed by atoms with Gasteiger partial charge in [-0.3, -0.25) is 0 Å². The zero-order valence-electron chi connectivity index (χ0n) is 6.83. The van der Waals surface area contributed by atoms with Gasteiger partial charge >= 0.3 is 0 Å². The predicted octanol–water partition coefficient (Wildman–Crippen LogP) is 1.29. The molecule has 1 heterocycles. The van der Waals surface area contributed by atoms with Gasteiger partial charge in [0.25, 0.3) is 0 Å². The largest absolute Gasteiger partial charge is 0.431 e. The first-order chi connectivity index (χ1) is 3.79. The van der Waals surface area contributed by atoms with Crippen LogP contribution >= 0.6 is 0 Å². The van der Waals surface area contributed by atoms with E-state index in [1.807, 2.05) is 19.9 Å². The van der Waals surface area contributed by atoms with E-state index in [1.54, 1.807) is 0 Å². The first kappa shape index (κ1) is 23.9. The number of aryl methyl sites for hydroxylation is 2. The van der Waals surface area contributed by atoms with Crippen LogP contribution < -0.4 is 0 Å². The van der Waals surface area contributed by atoms with E-state index in [1.165, 1.54) is 0 Å². The second-order valence-corrected chi connectivity index (χ2v) is 1.78. The van der Waals surface area contributed by atoms with Crippen molar-refractivity contribution in [1.29, 1.82) is 0 Å². The van der Waals surface area contributed by atoms with Gasteiger partial charge in [0.05, 0.1) is 0 Å². The Balaban J connectivity index is -0.0000000800. The molecule has 1 nitrogen and oxygen atoms in total. The molecule has 12 heavy (non-hydrogen) atoms. The van der Waals surface area contributed by atoms with E-state index in [-0.39, 0.29) is 95.9 Å². The van der Waals surface area contributed by atoms with Crippen molar-refractivity contribution < 1.29 is 95.9 Å². The fourth-order valence-electron chi connectivity index (χ4n) is 0.575. The Hall–Kier alpha value is 2.32. The first-order valence-electron chi connectivity index (χ1n) is 2.52. The van der Waals surface area contributed by atoms with Crippen LogP contribution in [0.2, 0.25) is 0 Å². The molecule has 63 valence electrons. The van der Waals surface area contributed by atoms with Crippen LogP contribution in [0.25, 0.3) is 0 Å². The first-order valence-corrected chi connectivity index (χ1v) is 2.52. The Morgan fingerprint density at radius 3 is 1.92 bits per heavy atom. The minimum absolute atomic E-state index is 0. The second-order valence-electron chi connectivity index (χ2n) is 1.78. The standard InChI is InChI=1S/C7H7N.3W.Y/c1-6-3-4-8-7(2)5-6;;;;/h3H,1-2H3;;;;/q-2;;;;. The molecule has 0 N–H and O–H groups in total. The van der Waals surface area contributed by atoms with E-state index in [9.17, 15) is 0 Å². The zero-order valence-corrected chi connectivity index (χ0v) is 18.5. The molecule has 0 saturated heterocycles. The summed E-state index contributed by atoms with van der Waals surface area (Å²) in [6.45, 7) is 3.88. The van der Waals surface area contributed by atoms with Crippen molar-refractivity contribution in [2.45, 2.75) is 13.8 Å². The van der Waals surface area contributed by atoms with Gasteiger partial charge in [-0.2, -0.15) is 11.9 Å². The van der Waals surface area contributed by atoms with Crippen LogP contribution in [0.15, 0.2) is 6.07 Å². The normalized spacial score (nSPS) is 6.17. The van der Waals surface area contributed by atoms with Gasteiger partial charge in [-0.25, -0.2) is 0 Å². The SMILES string of the molecule is Cc1[c-]c(C)n[c-]c1.[W].[W].[W].[Y]. The van der Waals surface area contributed by atoms with E-state index in [2.05, 4.69) is 17.2 Å². The molecule has 0 aliphatic heterocycles. The number of rotatable bonds is 0. The van der Waals surface area contributed by atoms with E-state index < -0.39 is 0 Å². The fraction of sp³-hybridized carbons (Fsp3) is 0.286. The van der Waals surface area contributed by atoms with E-state index >= 15 is 0 Å². The Morgan fingerprint density at radius 1 is 1.17 bits per heavy atom. The molecule has 1 rings (SSSR count). The third-order valence-corrected chi connectivity index (χ3v) is 0.891. The molecule has 1 radical (unpaired) electrons. The number of aromatic nitrogens is 1. The summed E-state index contributed by atoms with van der Waals surface area (Å²) in [5, 5.41) is 0. The van der Waals surface area contributed by atoms with Crippen LogP contribution in [0.3, 0.4) is 0 Å². The molecule has 0 unspecified atom stereocenters. The molecular weight excluding hydrogens is 739 g/mol. The average Bonchev–Trinajstić information content (AvgIpc) is 1.64. The van der Waals surface area contributed by atoms with Crippen LogP contribution in [-0.4, -0.2) is 4.98 Å². The van der Waals surface area contributed by atoms with Crippen molar-refractivity contribution in [2.75, 3.05) is 0 Å². The summed E-state index contributed by atoms with van der Waals surface area (Å²) < 4.78 is 0. The van der Waals surface area contributed by atoms with Crippen LogP contribution in [0.4, 0.5) is 0 Å². The van der Waals surface area contributed by atoms with E-state index in [0.717, 1.165) is 11.3 Å². The van der Waals surface area contributed by atoms with E-state index in [0.29, 0.717) is 0 Å². The Bertz CT molecular complexity index is 179. The minimum atomic E-state index is 0. The maximum Gasteiger partial charge on any atom is 0 e. The summed E-state index contributed by atoms with van der Waals surface area (Å²) >= 11 is 0. The Kier molecular flexibility index (Phi) is 26.5. The minimum Gasteiger partial charge on any atom is -0.431 e. The van der Waals surface area contributed by atoms with Gasteiger partial charge < -0.3 is 22.7 Å². The summed E-state index contributed by atoms with van der Waals surface area (Å²) in [6, 6.07) is 4.84. The van der Waals surface area contributed by atoms with Crippen molar-refractivity contribution in [1.82, 2.24) is 4.98 Å². The topological polar surface area (TPSA) is 12.9 Å². The summed E-state index contributed by atoms with van der Waals surface area (Å²) in [5.41, 5.74) is 2.00. The maximum atomic E-state index is 3.86. The number of pyridine rings is 1. The van der Waals surface area contributed by atoms with Crippen LogP contribution in [0.1, 0.15) is 11.3 Å². The smallest absolute Gasteiger partial charge is 0 e. The van der Waals surface area contributed by atoms with Gasteiger partial charge in [-0.15, -0.1) is 6.92 Å². The molecule has 0 saturated carbocycles. The predicted molar refractivity (Wildman–Crippen MR) is 31.4 cm³/mol. The average molecular weight is 746 g/mol. The molecule has 0 aliphatic carbocycles. The molecule has 0 atom stereocenters. The summed E-state index contributed by atoms with van der Waals surface area (Å²) in [4.78, 5) is 3.86. The summed E-state index contributed by atoms with van der Waals surface area (Å²) in [7, 11) is 0. The molecule has 0 bridgehead atoms. The summed E-state index contributed by atoms with van der Waals surface area (Å²) in [5.74, 6) is 0. The number of nitrogens with zero attached hydrogens (tertiary/aromatic N) is 1. The number of hydrogen-bond acceptors (Lipinski definition) is 1. The van der Waals surface area contributed by atoms with Crippen molar-refractivity contribution in [3.8, 4) is 0 Å². The third kappa shape index (κ3) is 10.4. The molecule has 0 fully saturated rings. The third-order valence-electron chi connectivity index (χ3n) is 0.891. The molecule has 0 aliphatic rings. The number of hydrogen-bond donors (Lipinski definition) is 0. The van der Waals surface area contributed by atoms with Crippen molar-refractivity contribution >= 4 is 0 Å². The molecule has 0 amide bonds. The van der Waals surface area contributed by atoms with Crippen LogP contribution in [0, 0.1) is 26.1 Å². The van der Waals surface area contributed by atoms with Crippen LogP contribution in [-0.2, 0) is 95.9 Å². The molecule has 1 aromatic heterocycles. The molecule has 0 aromatic carbocycles. The van der Waals surface area contributed by atoms with E-state index in [4.69, 9.17) is 0 Å². The Morgan fingerprint density at radius 2 is 1.67 bits per heavy atom. The van der Waals surface area contributed by atoms with Crippen molar-refractivity contribution in [2.24, 2.45) is 0 Å². The van der Waals surface area contributed by atoms with Gasteiger partial charge in [0.15, 0.2) is 0 Å². The van der Waals surface area contributed by atoms with Gasteiger partial charge in [-0.1, -0.05) is 6.92 Å². The van der Waals surface area contributed by atoms with Gasteiger partial charge in [0.1, 0.15) is 0 Å². The zero-order chi connectivity index (χ0) is 5.98. The molecule has 1 aromatic rings. The maximum absolute atomic E-state index is 3.86. The quantitative estimate of drug-likeness (QED) is 0.366. The fourth-order valence-corrected chi connectivity index (χ4v) is 0.575. The van der Waals surface area contributed by atoms with Gasteiger partial charge in [0, 0.05) is 95.9 Å². The molecule has 5 heteroatoms. The monoisotopic (exact) mass is 746 g/mol. The molecular formula is C7H7NW3Y-2.